The molecule has 0 radical (unpaired) electrons. The van der Waals surface area contributed by atoms with E-state index in [9.17, 15) is 14.9 Å². The van der Waals surface area contributed by atoms with Gasteiger partial charge in [0.2, 0.25) is 0 Å². The van der Waals surface area contributed by atoms with Crippen molar-refractivity contribution in [1.29, 1.82) is 0 Å². The van der Waals surface area contributed by atoms with Gasteiger partial charge in [-0.05, 0) is 26.2 Å². The van der Waals surface area contributed by atoms with E-state index < -0.39 is 4.92 Å². The highest BCUT2D eigenvalue weighted by molar-refractivity contribution is 5.77. The Labute approximate surface area is 111 Å². The van der Waals surface area contributed by atoms with Crippen molar-refractivity contribution in [2.24, 2.45) is 0 Å². The van der Waals surface area contributed by atoms with Gasteiger partial charge in [-0.15, -0.1) is 0 Å². The summed E-state index contributed by atoms with van der Waals surface area (Å²) in [5.41, 5.74) is -0.0113. The maximum atomic E-state index is 11.4. The summed E-state index contributed by atoms with van der Waals surface area (Å²) in [6.45, 7) is 1.20. The minimum absolute atomic E-state index is 0.0113. The zero-order valence-corrected chi connectivity index (χ0v) is 11.0. The third-order valence-corrected chi connectivity index (χ3v) is 2.30. The van der Waals surface area contributed by atoms with Crippen molar-refractivity contribution < 1.29 is 14.5 Å². The van der Waals surface area contributed by atoms with E-state index in [-0.39, 0.29) is 18.2 Å². The van der Waals surface area contributed by atoms with Crippen molar-refractivity contribution >= 4 is 11.6 Å². The van der Waals surface area contributed by atoms with E-state index in [0.29, 0.717) is 12.3 Å². The lowest BCUT2D eigenvalue weighted by atomic mass is 10.3. The standard InChI is InChI=1S/C12H17N3O4/c1-14(2)8-7-13-12(16)9-19-11-5-3-10(4-6-11)15(17)18/h3-6H,7-9H2,1-2H3,(H,13,16). The van der Waals surface area contributed by atoms with Crippen LogP contribution in [0.5, 0.6) is 5.75 Å². The lowest BCUT2D eigenvalue weighted by Crippen LogP contribution is -2.34. The summed E-state index contributed by atoms with van der Waals surface area (Å²) in [5.74, 6) is 0.202. The van der Waals surface area contributed by atoms with Crippen LogP contribution in [0.15, 0.2) is 24.3 Å². The second kappa shape index (κ2) is 7.32. The molecule has 0 unspecified atom stereocenters. The van der Waals surface area contributed by atoms with E-state index >= 15 is 0 Å². The average molecular weight is 267 g/mol. The van der Waals surface area contributed by atoms with Gasteiger partial charge in [-0.3, -0.25) is 14.9 Å². The molecule has 0 saturated carbocycles. The Balaban J connectivity index is 2.32. The van der Waals surface area contributed by atoms with Crippen LogP contribution in [0, 0.1) is 10.1 Å². The van der Waals surface area contributed by atoms with Crippen molar-refractivity contribution in [3.63, 3.8) is 0 Å². The topological polar surface area (TPSA) is 84.7 Å². The molecule has 0 atom stereocenters. The molecule has 0 spiro atoms. The highest BCUT2D eigenvalue weighted by Gasteiger charge is 2.06. The number of benzene rings is 1. The Bertz CT molecular complexity index is 431. The summed E-state index contributed by atoms with van der Waals surface area (Å²) in [5, 5.41) is 13.1. The van der Waals surface area contributed by atoms with Gasteiger partial charge in [0.25, 0.3) is 11.6 Å². The number of hydrogen-bond acceptors (Lipinski definition) is 5. The van der Waals surface area contributed by atoms with Crippen molar-refractivity contribution in [2.75, 3.05) is 33.8 Å². The Hall–Kier alpha value is -2.15. The Morgan fingerprint density at radius 1 is 1.37 bits per heavy atom. The summed E-state index contributed by atoms with van der Waals surface area (Å²) in [6, 6.07) is 5.59. The number of carbonyl (C=O) groups is 1. The van der Waals surface area contributed by atoms with Crippen LogP contribution < -0.4 is 10.1 Å². The van der Waals surface area contributed by atoms with Gasteiger partial charge in [0.1, 0.15) is 5.75 Å². The first-order chi connectivity index (χ1) is 8.99. The molecular weight excluding hydrogens is 250 g/mol. The molecule has 0 aliphatic rings. The molecule has 0 saturated heterocycles. The fraction of sp³-hybridized carbons (Fsp3) is 0.417. The predicted molar refractivity (Wildman–Crippen MR) is 70.2 cm³/mol. The number of nitro groups is 1. The SMILES string of the molecule is CN(C)CCNC(=O)COc1ccc([N+](=O)[O-])cc1. The van der Waals surface area contributed by atoms with Gasteiger partial charge in [-0.1, -0.05) is 0 Å². The number of hydrogen-bond donors (Lipinski definition) is 1. The number of nitro benzene ring substituents is 1. The predicted octanol–water partition coefficient (Wildman–Crippen LogP) is 0.651. The van der Waals surface area contributed by atoms with Crippen molar-refractivity contribution in [3.05, 3.63) is 34.4 Å². The second-order valence-electron chi connectivity index (χ2n) is 4.19. The van der Waals surface area contributed by atoms with Gasteiger partial charge in [0.05, 0.1) is 4.92 Å². The lowest BCUT2D eigenvalue weighted by molar-refractivity contribution is -0.384. The Morgan fingerprint density at radius 3 is 2.53 bits per heavy atom. The number of nitrogens with zero attached hydrogens (tertiary/aromatic N) is 2. The van der Waals surface area contributed by atoms with E-state index in [1.807, 2.05) is 19.0 Å². The number of nitrogens with one attached hydrogen (secondary N) is 1. The van der Waals surface area contributed by atoms with Gasteiger partial charge in [0.15, 0.2) is 6.61 Å². The highest BCUT2D eigenvalue weighted by atomic mass is 16.6. The van der Waals surface area contributed by atoms with Crippen molar-refractivity contribution in [1.82, 2.24) is 10.2 Å². The Kier molecular flexibility index (Phi) is 5.74. The first-order valence-electron chi connectivity index (χ1n) is 5.77. The van der Waals surface area contributed by atoms with Crippen molar-refractivity contribution in [3.8, 4) is 5.75 Å². The van der Waals surface area contributed by atoms with Gasteiger partial charge in [-0.25, -0.2) is 0 Å². The summed E-state index contributed by atoms with van der Waals surface area (Å²) < 4.78 is 5.21. The lowest BCUT2D eigenvalue weighted by Gasteiger charge is -2.10. The molecule has 1 aromatic carbocycles. The van der Waals surface area contributed by atoms with Gasteiger partial charge in [-0.2, -0.15) is 0 Å². The summed E-state index contributed by atoms with van der Waals surface area (Å²) in [6.07, 6.45) is 0. The van der Waals surface area contributed by atoms with E-state index in [1.54, 1.807) is 0 Å². The van der Waals surface area contributed by atoms with Crippen LogP contribution in [0.1, 0.15) is 0 Å². The molecular formula is C12H17N3O4. The molecule has 1 N–H and O–H groups in total. The summed E-state index contributed by atoms with van der Waals surface area (Å²) in [7, 11) is 3.83. The molecule has 1 rings (SSSR count). The van der Waals surface area contributed by atoms with Gasteiger partial charge in [0, 0.05) is 25.2 Å². The number of carbonyl (C=O) groups excluding carboxylic acids is 1. The average Bonchev–Trinajstić information content (AvgIpc) is 2.36. The van der Waals surface area contributed by atoms with Crippen LogP contribution in [0.4, 0.5) is 5.69 Å². The smallest absolute Gasteiger partial charge is 0.269 e. The van der Waals surface area contributed by atoms with Crippen molar-refractivity contribution in [2.45, 2.75) is 0 Å². The summed E-state index contributed by atoms with van der Waals surface area (Å²) >= 11 is 0. The second-order valence-corrected chi connectivity index (χ2v) is 4.19. The maximum absolute atomic E-state index is 11.4. The molecule has 7 nitrogen and oxygen atoms in total. The molecule has 1 amide bonds. The van der Waals surface area contributed by atoms with E-state index in [0.717, 1.165) is 6.54 Å². The molecule has 19 heavy (non-hydrogen) atoms. The van der Waals surface area contributed by atoms with Crippen LogP contribution in [0.25, 0.3) is 0 Å². The van der Waals surface area contributed by atoms with Gasteiger partial charge >= 0.3 is 0 Å². The molecule has 0 aliphatic heterocycles. The van der Waals surface area contributed by atoms with E-state index in [2.05, 4.69) is 5.32 Å². The zero-order chi connectivity index (χ0) is 14.3. The number of non-ortho nitro benzene ring substituents is 1. The molecule has 0 heterocycles. The van der Waals surface area contributed by atoms with Crippen LogP contribution in [0.2, 0.25) is 0 Å². The highest BCUT2D eigenvalue weighted by Crippen LogP contribution is 2.16. The van der Waals surface area contributed by atoms with Crippen LogP contribution in [-0.4, -0.2) is 49.5 Å². The minimum Gasteiger partial charge on any atom is -0.484 e. The van der Waals surface area contributed by atoms with Crippen LogP contribution in [-0.2, 0) is 4.79 Å². The summed E-state index contributed by atoms with van der Waals surface area (Å²) in [4.78, 5) is 23.3. The van der Waals surface area contributed by atoms with Crippen LogP contribution >= 0.6 is 0 Å². The molecule has 104 valence electrons. The van der Waals surface area contributed by atoms with Gasteiger partial charge < -0.3 is 15.0 Å². The fourth-order valence-electron chi connectivity index (χ4n) is 1.28. The first kappa shape index (κ1) is 14.9. The normalized spacial score (nSPS) is 10.3. The number of rotatable bonds is 7. The quantitative estimate of drug-likeness (QED) is 0.579. The molecule has 0 fully saturated rings. The third-order valence-electron chi connectivity index (χ3n) is 2.30. The number of likely N-dealkylation sites (N-methyl/N-ethyl adjacent to an activating group) is 1. The third kappa shape index (κ3) is 5.82. The molecule has 0 bridgehead atoms. The molecule has 7 heteroatoms. The molecule has 0 aliphatic carbocycles. The monoisotopic (exact) mass is 267 g/mol. The largest absolute Gasteiger partial charge is 0.484 e. The molecule has 0 aromatic heterocycles. The van der Waals surface area contributed by atoms with E-state index in [1.165, 1.54) is 24.3 Å². The number of ether oxygens (including phenoxy) is 1. The Morgan fingerprint density at radius 2 is 2.00 bits per heavy atom. The van der Waals surface area contributed by atoms with Crippen LogP contribution in [0.3, 0.4) is 0 Å². The fourth-order valence-corrected chi connectivity index (χ4v) is 1.28. The first-order valence-corrected chi connectivity index (χ1v) is 5.77. The number of amides is 1. The van der Waals surface area contributed by atoms with E-state index in [4.69, 9.17) is 4.74 Å². The molecule has 1 aromatic rings. The maximum Gasteiger partial charge on any atom is 0.269 e. The minimum atomic E-state index is -0.488. The zero-order valence-electron chi connectivity index (χ0n) is 11.0.